The number of aryl methyl sites for hydroxylation is 1. The number of nitrogens with zero attached hydrogens (tertiary/aromatic N) is 1. The average Bonchev–Trinajstić information content (AvgIpc) is 2.15. The molecule has 0 aliphatic carbocycles. The van der Waals surface area contributed by atoms with Gasteiger partial charge >= 0.3 is 0 Å². The Morgan fingerprint density at radius 2 is 2.00 bits per heavy atom. The van der Waals surface area contributed by atoms with Crippen molar-refractivity contribution >= 4 is 0 Å². The smallest absolute Gasteiger partial charge is 0.174 e. The van der Waals surface area contributed by atoms with E-state index in [-0.39, 0.29) is 12.0 Å². The number of benzene rings is 1. The summed E-state index contributed by atoms with van der Waals surface area (Å²) in [6.07, 6.45) is 0. The molecule has 0 spiro atoms. The topological polar surface area (TPSA) is 33.0 Å². The molecular formula is C13H17NO. The Hall–Kier alpha value is -1.49. The Morgan fingerprint density at radius 1 is 1.33 bits per heavy atom. The molecule has 2 nitrogen and oxygen atoms in total. The Morgan fingerprint density at radius 3 is 2.53 bits per heavy atom. The summed E-state index contributed by atoms with van der Waals surface area (Å²) in [5, 5.41) is 8.47. The molecule has 2 heteroatoms. The van der Waals surface area contributed by atoms with Gasteiger partial charge < -0.3 is 4.74 Å². The monoisotopic (exact) mass is 203 g/mol. The van der Waals surface area contributed by atoms with Gasteiger partial charge in [0, 0.05) is 0 Å². The Bertz CT molecular complexity index is 383. The molecule has 0 atom stereocenters. The molecule has 80 valence electrons. The zero-order valence-electron chi connectivity index (χ0n) is 9.79. The van der Waals surface area contributed by atoms with Gasteiger partial charge in [-0.1, -0.05) is 32.9 Å². The Labute approximate surface area is 91.5 Å². The van der Waals surface area contributed by atoms with E-state index in [1.54, 1.807) is 0 Å². The normalized spacial score (nSPS) is 10.9. The van der Waals surface area contributed by atoms with Crippen molar-refractivity contribution in [2.24, 2.45) is 0 Å². The van der Waals surface area contributed by atoms with E-state index in [1.807, 2.05) is 25.1 Å². The fourth-order valence-electron chi connectivity index (χ4n) is 1.33. The lowest BCUT2D eigenvalue weighted by molar-refractivity contribution is 0.364. The van der Waals surface area contributed by atoms with E-state index in [9.17, 15) is 0 Å². The highest BCUT2D eigenvalue weighted by atomic mass is 16.5. The largest absolute Gasteiger partial charge is 0.478 e. The van der Waals surface area contributed by atoms with Crippen LogP contribution in [-0.4, -0.2) is 6.61 Å². The van der Waals surface area contributed by atoms with E-state index in [1.165, 1.54) is 5.56 Å². The van der Waals surface area contributed by atoms with E-state index in [0.717, 1.165) is 11.3 Å². The first-order valence-corrected chi connectivity index (χ1v) is 5.06. The fourth-order valence-corrected chi connectivity index (χ4v) is 1.33. The van der Waals surface area contributed by atoms with Crippen LogP contribution in [0.15, 0.2) is 18.2 Å². The van der Waals surface area contributed by atoms with Crippen molar-refractivity contribution in [2.75, 3.05) is 6.61 Å². The summed E-state index contributed by atoms with van der Waals surface area (Å²) in [6.45, 7) is 8.57. The first-order valence-electron chi connectivity index (χ1n) is 5.06. The van der Waals surface area contributed by atoms with Crippen LogP contribution < -0.4 is 4.74 Å². The first kappa shape index (κ1) is 11.6. The third-order valence-electron chi connectivity index (χ3n) is 2.35. The summed E-state index contributed by atoms with van der Waals surface area (Å²) in [4.78, 5) is 0. The Kier molecular flexibility index (Phi) is 3.36. The van der Waals surface area contributed by atoms with Gasteiger partial charge in [0.1, 0.15) is 11.8 Å². The molecule has 1 aromatic carbocycles. The highest BCUT2D eigenvalue weighted by Crippen LogP contribution is 2.28. The minimum atomic E-state index is 0.106. The second kappa shape index (κ2) is 4.35. The van der Waals surface area contributed by atoms with Crippen LogP contribution in [0.3, 0.4) is 0 Å². The number of rotatable bonds is 2. The molecule has 0 radical (unpaired) electrons. The second-order valence-corrected chi connectivity index (χ2v) is 4.68. The van der Waals surface area contributed by atoms with Gasteiger partial charge in [0.05, 0.1) is 0 Å². The van der Waals surface area contributed by atoms with Crippen molar-refractivity contribution < 1.29 is 4.74 Å². The lowest BCUT2D eigenvalue weighted by Crippen LogP contribution is -2.11. The summed E-state index contributed by atoms with van der Waals surface area (Å²) in [5.41, 5.74) is 2.40. The van der Waals surface area contributed by atoms with Crippen LogP contribution in [0.4, 0.5) is 0 Å². The molecule has 0 saturated heterocycles. The zero-order chi connectivity index (χ0) is 11.5. The van der Waals surface area contributed by atoms with Gasteiger partial charge in [-0.05, 0) is 29.5 Å². The highest BCUT2D eigenvalue weighted by Gasteiger charge is 2.14. The number of nitriles is 1. The SMILES string of the molecule is Cc1ccc(C(C)(C)C)cc1OCC#N. The van der Waals surface area contributed by atoms with Crippen LogP contribution >= 0.6 is 0 Å². The van der Waals surface area contributed by atoms with E-state index in [4.69, 9.17) is 10.00 Å². The van der Waals surface area contributed by atoms with Gasteiger partial charge in [-0.25, -0.2) is 0 Å². The minimum Gasteiger partial charge on any atom is -0.478 e. The van der Waals surface area contributed by atoms with Crippen LogP contribution in [0.5, 0.6) is 5.75 Å². The standard InChI is InChI=1S/C13H17NO/c1-10-5-6-11(13(2,3)4)9-12(10)15-8-7-14/h5-6,9H,8H2,1-4H3. The van der Waals surface area contributed by atoms with Crippen LogP contribution in [0, 0.1) is 18.3 Å². The number of ether oxygens (including phenoxy) is 1. The van der Waals surface area contributed by atoms with Gasteiger partial charge in [0.15, 0.2) is 6.61 Å². The fraction of sp³-hybridized carbons (Fsp3) is 0.462. The Balaban J connectivity index is 3.01. The number of hydrogen-bond acceptors (Lipinski definition) is 2. The molecule has 0 N–H and O–H groups in total. The first-order chi connectivity index (χ1) is 6.95. The van der Waals surface area contributed by atoms with Gasteiger partial charge in [-0.2, -0.15) is 5.26 Å². The van der Waals surface area contributed by atoms with E-state index >= 15 is 0 Å². The molecule has 0 aliphatic rings. The predicted octanol–water partition coefficient (Wildman–Crippen LogP) is 3.19. The van der Waals surface area contributed by atoms with Crippen LogP contribution in [0.2, 0.25) is 0 Å². The molecule has 0 amide bonds. The van der Waals surface area contributed by atoms with E-state index in [2.05, 4.69) is 26.8 Å². The summed E-state index contributed by atoms with van der Waals surface area (Å²) in [7, 11) is 0. The molecule has 0 aliphatic heterocycles. The maximum absolute atomic E-state index is 8.47. The molecule has 0 fully saturated rings. The van der Waals surface area contributed by atoms with E-state index < -0.39 is 0 Å². The van der Waals surface area contributed by atoms with Gasteiger partial charge in [0.2, 0.25) is 0 Å². The lowest BCUT2D eigenvalue weighted by Gasteiger charge is -2.20. The third kappa shape index (κ3) is 2.99. The minimum absolute atomic E-state index is 0.106. The lowest BCUT2D eigenvalue weighted by atomic mass is 9.86. The molecule has 1 aromatic rings. The summed E-state index contributed by atoms with van der Waals surface area (Å²) in [6, 6.07) is 8.14. The maximum atomic E-state index is 8.47. The van der Waals surface area contributed by atoms with Crippen molar-refractivity contribution in [1.29, 1.82) is 5.26 Å². The summed E-state index contributed by atoms with van der Waals surface area (Å²) >= 11 is 0. The molecule has 0 aromatic heterocycles. The van der Waals surface area contributed by atoms with Crippen LogP contribution in [0.1, 0.15) is 31.9 Å². The highest BCUT2D eigenvalue weighted by molar-refractivity contribution is 5.39. The maximum Gasteiger partial charge on any atom is 0.174 e. The van der Waals surface area contributed by atoms with Crippen LogP contribution in [-0.2, 0) is 5.41 Å². The van der Waals surface area contributed by atoms with Crippen molar-refractivity contribution in [2.45, 2.75) is 33.1 Å². The average molecular weight is 203 g/mol. The summed E-state index contributed by atoms with van der Waals surface area (Å²) < 4.78 is 5.36. The molecule has 15 heavy (non-hydrogen) atoms. The second-order valence-electron chi connectivity index (χ2n) is 4.68. The van der Waals surface area contributed by atoms with Crippen molar-refractivity contribution in [3.8, 4) is 11.8 Å². The molecule has 0 bridgehead atoms. The number of hydrogen-bond donors (Lipinski definition) is 0. The van der Waals surface area contributed by atoms with Crippen molar-refractivity contribution in [3.05, 3.63) is 29.3 Å². The van der Waals surface area contributed by atoms with Crippen molar-refractivity contribution in [1.82, 2.24) is 0 Å². The molecule has 0 heterocycles. The molecule has 1 rings (SSSR count). The third-order valence-corrected chi connectivity index (χ3v) is 2.35. The molecule has 0 saturated carbocycles. The van der Waals surface area contributed by atoms with Gasteiger partial charge in [0.25, 0.3) is 0 Å². The predicted molar refractivity (Wildman–Crippen MR) is 61.0 cm³/mol. The van der Waals surface area contributed by atoms with Crippen molar-refractivity contribution in [3.63, 3.8) is 0 Å². The van der Waals surface area contributed by atoms with Gasteiger partial charge in [-0.15, -0.1) is 0 Å². The molecule has 0 unspecified atom stereocenters. The zero-order valence-corrected chi connectivity index (χ0v) is 9.79. The van der Waals surface area contributed by atoms with Gasteiger partial charge in [-0.3, -0.25) is 0 Å². The quantitative estimate of drug-likeness (QED) is 0.739. The van der Waals surface area contributed by atoms with E-state index in [0.29, 0.717) is 0 Å². The van der Waals surface area contributed by atoms with Crippen LogP contribution in [0.25, 0.3) is 0 Å². The summed E-state index contributed by atoms with van der Waals surface area (Å²) in [5.74, 6) is 0.809. The molecular weight excluding hydrogens is 186 g/mol.